The lowest BCUT2D eigenvalue weighted by atomic mass is 10.0. The van der Waals surface area contributed by atoms with Gasteiger partial charge in [0.1, 0.15) is 22.8 Å². The minimum atomic E-state index is 0.840. The van der Waals surface area contributed by atoms with Crippen LogP contribution in [0.4, 0.5) is 0 Å². The lowest BCUT2D eigenvalue weighted by Crippen LogP contribution is -2.01. The van der Waals surface area contributed by atoms with Crippen LogP contribution in [0.3, 0.4) is 0 Å². The fraction of sp³-hybridized carbons (Fsp3) is 0. The molecule has 702 valence electrons. The van der Waals surface area contributed by atoms with Gasteiger partial charge in [-0.1, -0.05) is 315 Å². The number of nitrogens with zero attached hydrogens (tertiary/aromatic N) is 13. The topological polar surface area (TPSA) is 120 Å². The first-order chi connectivity index (χ1) is 74.4. The van der Waals surface area contributed by atoms with Crippen molar-refractivity contribution in [1.82, 2.24) is 62.3 Å². The summed E-state index contributed by atoms with van der Waals surface area (Å²) < 4.78 is 13.8. The van der Waals surface area contributed by atoms with Crippen LogP contribution >= 0.6 is 0 Å². The van der Waals surface area contributed by atoms with E-state index in [0.717, 1.165) is 201 Å². The van der Waals surface area contributed by atoms with Gasteiger partial charge in [-0.2, -0.15) is 0 Å². The third kappa shape index (κ3) is 15.5. The van der Waals surface area contributed by atoms with Gasteiger partial charge in [-0.15, -0.1) is 0 Å². The highest BCUT2D eigenvalue weighted by atomic mass is 15.1. The van der Waals surface area contributed by atoms with Crippen molar-refractivity contribution in [3.05, 3.63) is 541 Å². The van der Waals surface area contributed by atoms with Gasteiger partial charge in [0.15, 0.2) is 0 Å². The summed E-state index contributed by atoms with van der Waals surface area (Å²) in [7, 11) is 0. The third-order valence-electron chi connectivity index (χ3n) is 29.1. The van der Waals surface area contributed by atoms with Crippen LogP contribution in [-0.4, -0.2) is 62.3 Å². The van der Waals surface area contributed by atoms with E-state index >= 15 is 0 Å². The van der Waals surface area contributed by atoms with Gasteiger partial charge in [-0.05, 0) is 222 Å². The molecule has 0 atom stereocenters. The molecule has 17 aromatic carbocycles. The quantitative estimate of drug-likeness (QED) is 0.100. The summed E-state index contributed by atoms with van der Waals surface area (Å²) in [6.45, 7) is 0. The van der Waals surface area contributed by atoms with Crippen molar-refractivity contribution in [2.24, 2.45) is 0 Å². The van der Waals surface area contributed by atoms with Crippen LogP contribution in [-0.2, 0) is 0 Å². The van der Waals surface area contributed by atoms with Crippen molar-refractivity contribution in [2.45, 2.75) is 0 Å². The summed E-state index contributed by atoms with van der Waals surface area (Å²) in [5.41, 5.74) is 37.4. The van der Waals surface area contributed by atoms with E-state index in [-0.39, 0.29) is 0 Å². The van der Waals surface area contributed by atoms with E-state index in [4.69, 9.17) is 24.9 Å². The van der Waals surface area contributed by atoms with E-state index in [1.165, 1.54) is 65.4 Å². The molecule has 0 bridgehead atoms. The Balaban J connectivity index is 0.000000108. The Bertz CT molecular complexity index is 9320. The van der Waals surface area contributed by atoms with E-state index in [9.17, 15) is 0 Å². The van der Waals surface area contributed by atoms with Gasteiger partial charge in [0, 0.05) is 163 Å². The normalized spacial score (nSPS) is 11.6. The van der Waals surface area contributed by atoms with Gasteiger partial charge in [-0.3, -0.25) is 23.7 Å². The van der Waals surface area contributed by atoms with Crippen molar-refractivity contribution >= 4 is 131 Å². The standard InChI is InChI=1S/2C46H30N4.C45H29N5/c1-4-14-31(15-5-1)34-28-41(32-16-6-2-7-17-32)48-45(29-34)50-43-23-13-11-21-38(43)40-27-35(30-47-46(40)50)33-24-25-44-39(26-33)37-20-10-12-22-42(37)49(44)36-18-8-3-9-19-36;1-4-14-31(15-5-1)41-28-36(29-42(48-41)32-16-6-2-7-17-32)50-44-23-13-11-21-38(44)40-27-34(30-47-46(40)50)33-24-25-45-39(26-33)37-20-10-12-22-43(37)49(45)35-18-8-3-9-19-35;1-2-12-34(13-3-1)49-42-18-6-4-14-36(42)38-27-30(20-21-44(38)49)33-28-39-37-15-5-7-19-43(37)50(45(39)48-29-33)35-25-31(40-16-8-10-22-46-40)24-32(26-35)41-17-9-11-23-47-41/h2*1-30H;1-29H. The minimum absolute atomic E-state index is 0.840. The Kier molecular flexibility index (Phi) is 21.6. The average Bonchev–Trinajstić information content (AvgIpc) is 1.59. The van der Waals surface area contributed by atoms with Gasteiger partial charge in [0.25, 0.3) is 0 Å². The van der Waals surface area contributed by atoms with Crippen molar-refractivity contribution in [3.63, 3.8) is 0 Å². The average molecular weight is 1920 g/mol. The van der Waals surface area contributed by atoms with Crippen LogP contribution in [0, 0.1) is 0 Å². The van der Waals surface area contributed by atoms with Crippen LogP contribution in [0.25, 0.3) is 266 Å². The third-order valence-corrected chi connectivity index (χ3v) is 29.1. The molecule has 13 heteroatoms. The largest absolute Gasteiger partial charge is 0.309 e. The van der Waals surface area contributed by atoms with Crippen molar-refractivity contribution < 1.29 is 0 Å². The maximum absolute atomic E-state index is 5.26. The summed E-state index contributed by atoms with van der Waals surface area (Å²) in [4.78, 5) is 35.4. The van der Waals surface area contributed by atoms with Crippen molar-refractivity contribution in [2.75, 3.05) is 0 Å². The number of aromatic nitrogens is 13. The molecule has 0 amide bonds. The number of benzene rings is 17. The van der Waals surface area contributed by atoms with E-state index in [1.807, 2.05) is 85.6 Å². The maximum Gasteiger partial charge on any atom is 0.146 e. The molecule has 0 aliphatic carbocycles. The highest BCUT2D eigenvalue weighted by Crippen LogP contribution is 2.46. The highest BCUT2D eigenvalue weighted by molar-refractivity contribution is 6.17. The fourth-order valence-electron chi connectivity index (χ4n) is 22.2. The number of rotatable bonds is 15. The van der Waals surface area contributed by atoms with E-state index in [2.05, 4.69) is 492 Å². The molecule has 0 aliphatic heterocycles. The SMILES string of the molecule is c1ccc(-c2cc(-c3ccccc3)nc(-n3c4ccccc4c4cc(-c5ccc6c(c5)c5ccccc5n6-c5ccccc5)cnc43)c2)cc1.c1ccc(-c2cc(-n3c4ccccc4c4cc(-c5ccc6c(c5)c5ccccc5n6-c5ccccc5)cnc43)cc(-c3ccccc3)n2)cc1.c1ccc(-n2c3ccccc3c3cc(-c4cnc5c(c4)c4ccccc4n5-c4cc(-c5ccccn5)cc(-c5ccccn5)c4)ccc32)cc1. The second-order valence-electron chi connectivity index (χ2n) is 38.0. The molecule has 30 aromatic rings. The van der Waals surface area contributed by atoms with E-state index < -0.39 is 0 Å². The molecule has 13 aromatic heterocycles. The number of hydrogen-bond acceptors (Lipinski definition) is 7. The van der Waals surface area contributed by atoms with Gasteiger partial charge < -0.3 is 13.7 Å². The Morgan fingerprint density at radius 2 is 0.400 bits per heavy atom. The molecule has 0 spiro atoms. The second-order valence-corrected chi connectivity index (χ2v) is 38.0. The zero-order valence-corrected chi connectivity index (χ0v) is 81.2. The molecule has 13 nitrogen and oxygen atoms in total. The smallest absolute Gasteiger partial charge is 0.146 e. The summed E-state index contributed by atoms with van der Waals surface area (Å²) in [5, 5.41) is 14.1. The lowest BCUT2D eigenvalue weighted by Gasteiger charge is -2.13. The zero-order valence-electron chi connectivity index (χ0n) is 81.2. The molecule has 13 heterocycles. The predicted octanol–water partition coefficient (Wildman–Crippen LogP) is 34.4. The lowest BCUT2D eigenvalue weighted by molar-refractivity contribution is 1.06. The zero-order chi connectivity index (χ0) is 99.1. The first kappa shape index (κ1) is 87.4. The van der Waals surface area contributed by atoms with E-state index in [1.54, 1.807) is 0 Å². The molecule has 0 saturated heterocycles. The molecule has 0 unspecified atom stereocenters. The first-order valence-electron chi connectivity index (χ1n) is 50.6. The van der Waals surface area contributed by atoms with Gasteiger partial charge in [-0.25, -0.2) is 24.9 Å². The molecule has 0 fully saturated rings. The van der Waals surface area contributed by atoms with Gasteiger partial charge in [0.05, 0.1) is 83.8 Å². The molecule has 150 heavy (non-hydrogen) atoms. The highest BCUT2D eigenvalue weighted by Gasteiger charge is 2.26. The second kappa shape index (κ2) is 37.1. The summed E-state index contributed by atoms with van der Waals surface area (Å²) >= 11 is 0. The molecular weight excluding hydrogens is 1830 g/mol. The van der Waals surface area contributed by atoms with Gasteiger partial charge in [0.2, 0.25) is 0 Å². The summed E-state index contributed by atoms with van der Waals surface area (Å²) in [6, 6.07) is 180. The summed E-state index contributed by atoms with van der Waals surface area (Å²) in [5.74, 6) is 0.840. The number of hydrogen-bond donors (Lipinski definition) is 0. The van der Waals surface area contributed by atoms with Crippen LogP contribution in [0.2, 0.25) is 0 Å². The van der Waals surface area contributed by atoms with Gasteiger partial charge >= 0.3 is 0 Å². The molecule has 0 aliphatic rings. The van der Waals surface area contributed by atoms with Crippen molar-refractivity contribution in [3.8, 4) is 135 Å². The summed E-state index contributed by atoms with van der Waals surface area (Å²) in [6.07, 6.45) is 9.71. The molecular formula is C137H89N13. The number of fused-ring (bicyclic) bond motifs is 18. The first-order valence-corrected chi connectivity index (χ1v) is 50.6. The number of pyridine rings is 7. The Hall–Kier alpha value is -20.4. The monoisotopic (exact) mass is 1920 g/mol. The van der Waals surface area contributed by atoms with Crippen LogP contribution < -0.4 is 0 Å². The molecule has 0 N–H and O–H groups in total. The number of para-hydroxylation sites is 9. The molecule has 0 radical (unpaired) electrons. The van der Waals surface area contributed by atoms with Crippen LogP contribution in [0.15, 0.2) is 541 Å². The predicted molar refractivity (Wildman–Crippen MR) is 619 cm³/mol. The fourth-order valence-corrected chi connectivity index (χ4v) is 22.2. The van der Waals surface area contributed by atoms with E-state index in [0.29, 0.717) is 0 Å². The Morgan fingerprint density at radius 1 is 0.127 bits per heavy atom. The van der Waals surface area contributed by atoms with Crippen LogP contribution in [0.5, 0.6) is 0 Å². The Labute approximate surface area is 863 Å². The van der Waals surface area contributed by atoms with Crippen molar-refractivity contribution in [1.29, 1.82) is 0 Å². The maximum atomic E-state index is 5.26. The molecule has 30 rings (SSSR count). The van der Waals surface area contributed by atoms with Crippen LogP contribution in [0.1, 0.15) is 0 Å². The minimum Gasteiger partial charge on any atom is -0.309 e. The Morgan fingerprint density at radius 3 is 0.747 bits per heavy atom. The molecule has 0 saturated carbocycles.